The third-order valence-corrected chi connectivity index (χ3v) is 6.32. The molecule has 0 aliphatic heterocycles. The number of aryl methyl sites for hydroxylation is 1. The van der Waals surface area contributed by atoms with E-state index in [0.29, 0.717) is 29.7 Å². The molecule has 0 aromatic heterocycles. The van der Waals surface area contributed by atoms with Gasteiger partial charge in [0.15, 0.2) is 0 Å². The van der Waals surface area contributed by atoms with Crippen molar-refractivity contribution in [2.75, 3.05) is 11.7 Å². The molecule has 2 N–H and O–H groups in total. The van der Waals surface area contributed by atoms with Crippen LogP contribution in [0.3, 0.4) is 0 Å². The molecular weight excluding hydrogens is 418 g/mol. The van der Waals surface area contributed by atoms with Crippen molar-refractivity contribution in [1.29, 1.82) is 0 Å². The van der Waals surface area contributed by atoms with Crippen molar-refractivity contribution in [3.63, 3.8) is 0 Å². The van der Waals surface area contributed by atoms with Gasteiger partial charge in [0, 0.05) is 18.9 Å². The fraction of sp³-hybridized carbons (Fsp3) is 0.333. The number of hydrogen-bond donors (Lipinski definition) is 2. The molecule has 1 amide bonds. The molecule has 172 valence electrons. The average molecular weight is 448 g/mol. The van der Waals surface area contributed by atoms with Crippen LogP contribution in [-0.2, 0) is 16.0 Å². The molecule has 1 fully saturated rings. The molecule has 0 saturated heterocycles. The first-order valence-electron chi connectivity index (χ1n) is 11.4. The number of carboxylic acids is 1. The van der Waals surface area contributed by atoms with E-state index in [-0.39, 0.29) is 6.42 Å². The summed E-state index contributed by atoms with van der Waals surface area (Å²) in [6.07, 6.45) is 5.29. The van der Waals surface area contributed by atoms with E-state index in [0.717, 1.165) is 33.2 Å². The number of para-hydroxylation sites is 1. The number of amides is 1. The predicted molar refractivity (Wildman–Crippen MR) is 128 cm³/mol. The Balaban J connectivity index is 1.69. The van der Waals surface area contributed by atoms with Crippen molar-refractivity contribution in [3.05, 3.63) is 60.2 Å². The second kappa shape index (κ2) is 10.0. The normalized spacial score (nSPS) is 13.9. The number of fused-ring (bicyclic) bond motifs is 1. The first-order chi connectivity index (χ1) is 15.9. The zero-order valence-corrected chi connectivity index (χ0v) is 18.8. The summed E-state index contributed by atoms with van der Waals surface area (Å²) in [5, 5.41) is 21.6. The molecule has 6 heteroatoms. The van der Waals surface area contributed by atoms with Crippen molar-refractivity contribution in [2.45, 2.75) is 45.4 Å². The molecular formula is C27H29NO5. The van der Waals surface area contributed by atoms with Crippen LogP contribution in [0.2, 0.25) is 0 Å². The van der Waals surface area contributed by atoms with Gasteiger partial charge >= 0.3 is 5.97 Å². The maximum Gasteiger partial charge on any atom is 0.303 e. The Kier molecular flexibility index (Phi) is 6.94. The number of carbonyl (C=O) groups is 2. The van der Waals surface area contributed by atoms with Crippen LogP contribution in [0.4, 0.5) is 5.69 Å². The summed E-state index contributed by atoms with van der Waals surface area (Å²) in [5.74, 6) is 0.0307. The number of ether oxygens (including phenoxy) is 1. The summed E-state index contributed by atoms with van der Waals surface area (Å²) in [5.41, 5.74) is 3.23. The molecule has 1 saturated carbocycles. The Morgan fingerprint density at radius 2 is 1.76 bits per heavy atom. The summed E-state index contributed by atoms with van der Waals surface area (Å²) < 4.78 is 6.36. The molecule has 0 atom stereocenters. The quantitative estimate of drug-likeness (QED) is 0.335. The molecule has 33 heavy (non-hydrogen) atoms. The lowest BCUT2D eigenvalue weighted by atomic mass is 9.96. The molecule has 3 aromatic rings. The Morgan fingerprint density at radius 1 is 1.03 bits per heavy atom. The van der Waals surface area contributed by atoms with Gasteiger partial charge in [0.2, 0.25) is 5.91 Å². The van der Waals surface area contributed by atoms with Crippen molar-refractivity contribution < 1.29 is 24.6 Å². The highest BCUT2D eigenvalue weighted by atomic mass is 16.5. The van der Waals surface area contributed by atoms with Gasteiger partial charge in [-0.15, -0.1) is 0 Å². The Hall–Kier alpha value is -3.38. The van der Waals surface area contributed by atoms with Gasteiger partial charge in [0.1, 0.15) is 5.75 Å². The van der Waals surface area contributed by atoms with E-state index >= 15 is 0 Å². The molecule has 1 aliphatic carbocycles. The Labute approximate surface area is 193 Å². The van der Waals surface area contributed by atoms with Crippen molar-refractivity contribution in [1.82, 2.24) is 0 Å². The third kappa shape index (κ3) is 5.34. The van der Waals surface area contributed by atoms with Crippen LogP contribution in [0.15, 0.2) is 54.6 Å². The standard InChI is InChI=1S/C27H29NO5/c1-18(29)28(32)24-13-11-21-15-23(10-9-22(21)16-24)25-8-4-7-20(12-14-26(30)31)27(25)33-17-19-5-2-3-6-19/h4,7-11,13,15-16,19,32H,2-3,5-6,12,14,17H2,1H3,(H,30,31). The van der Waals surface area contributed by atoms with Crippen LogP contribution in [0, 0.1) is 5.92 Å². The molecule has 0 radical (unpaired) electrons. The highest BCUT2D eigenvalue weighted by molar-refractivity contribution is 5.95. The van der Waals surface area contributed by atoms with E-state index in [4.69, 9.17) is 4.74 Å². The molecule has 4 rings (SSSR count). The second-order valence-corrected chi connectivity index (χ2v) is 8.73. The van der Waals surface area contributed by atoms with E-state index < -0.39 is 11.9 Å². The van der Waals surface area contributed by atoms with Crippen LogP contribution < -0.4 is 9.80 Å². The molecule has 3 aromatic carbocycles. The van der Waals surface area contributed by atoms with Gasteiger partial charge in [-0.3, -0.25) is 14.8 Å². The van der Waals surface area contributed by atoms with Crippen LogP contribution in [-0.4, -0.2) is 28.8 Å². The zero-order chi connectivity index (χ0) is 23.4. The molecule has 6 nitrogen and oxygen atoms in total. The number of hydroxylamine groups is 1. The maximum absolute atomic E-state index is 11.5. The first kappa shape index (κ1) is 22.8. The fourth-order valence-electron chi connectivity index (χ4n) is 4.51. The highest BCUT2D eigenvalue weighted by Crippen LogP contribution is 2.37. The topological polar surface area (TPSA) is 87.1 Å². The molecule has 0 spiro atoms. The lowest BCUT2D eigenvalue weighted by molar-refractivity contribution is -0.137. The van der Waals surface area contributed by atoms with Gasteiger partial charge in [-0.05, 0) is 65.3 Å². The Morgan fingerprint density at radius 3 is 2.48 bits per heavy atom. The van der Waals surface area contributed by atoms with E-state index in [1.165, 1.54) is 32.6 Å². The third-order valence-electron chi connectivity index (χ3n) is 6.32. The van der Waals surface area contributed by atoms with Gasteiger partial charge in [-0.25, -0.2) is 0 Å². The summed E-state index contributed by atoms with van der Waals surface area (Å²) in [4.78, 5) is 22.7. The largest absolute Gasteiger partial charge is 0.492 e. The lowest BCUT2D eigenvalue weighted by Gasteiger charge is -2.19. The summed E-state index contributed by atoms with van der Waals surface area (Å²) in [6.45, 7) is 1.95. The number of benzene rings is 3. The molecule has 0 unspecified atom stereocenters. The van der Waals surface area contributed by atoms with Crippen LogP contribution in [0.1, 0.15) is 44.6 Å². The summed E-state index contributed by atoms with van der Waals surface area (Å²) >= 11 is 0. The number of carbonyl (C=O) groups excluding carboxylic acids is 1. The number of anilines is 1. The minimum absolute atomic E-state index is 0.0531. The first-order valence-corrected chi connectivity index (χ1v) is 11.4. The Bertz CT molecular complexity index is 1170. The van der Waals surface area contributed by atoms with Gasteiger partial charge < -0.3 is 9.84 Å². The average Bonchev–Trinajstić information content (AvgIpc) is 3.34. The summed E-state index contributed by atoms with van der Waals surface area (Å²) in [6, 6.07) is 17.2. The van der Waals surface area contributed by atoms with Gasteiger partial charge in [-0.2, -0.15) is 5.06 Å². The number of hydrogen-bond acceptors (Lipinski definition) is 4. The summed E-state index contributed by atoms with van der Waals surface area (Å²) in [7, 11) is 0. The van der Waals surface area contributed by atoms with Crippen LogP contribution in [0.5, 0.6) is 5.75 Å². The molecule has 1 aliphatic rings. The number of rotatable bonds is 8. The lowest BCUT2D eigenvalue weighted by Crippen LogP contribution is -2.23. The smallest absolute Gasteiger partial charge is 0.303 e. The van der Waals surface area contributed by atoms with Gasteiger partial charge in [0.05, 0.1) is 12.3 Å². The zero-order valence-electron chi connectivity index (χ0n) is 18.8. The minimum Gasteiger partial charge on any atom is -0.492 e. The second-order valence-electron chi connectivity index (χ2n) is 8.73. The monoisotopic (exact) mass is 447 g/mol. The van der Waals surface area contributed by atoms with Crippen molar-refractivity contribution in [2.24, 2.45) is 5.92 Å². The SMILES string of the molecule is CC(=O)N(O)c1ccc2cc(-c3cccc(CCC(=O)O)c3OCC3CCCC3)ccc2c1. The fourth-order valence-corrected chi connectivity index (χ4v) is 4.51. The minimum atomic E-state index is -0.827. The molecule has 0 heterocycles. The predicted octanol–water partition coefficient (Wildman–Crippen LogP) is 5.84. The van der Waals surface area contributed by atoms with E-state index in [1.54, 1.807) is 12.1 Å². The van der Waals surface area contributed by atoms with Crippen LogP contribution >= 0.6 is 0 Å². The van der Waals surface area contributed by atoms with Crippen molar-refractivity contribution in [3.8, 4) is 16.9 Å². The number of carboxylic acid groups (broad SMARTS) is 1. The van der Waals surface area contributed by atoms with Gasteiger partial charge in [-0.1, -0.05) is 49.2 Å². The van der Waals surface area contributed by atoms with Crippen LogP contribution in [0.25, 0.3) is 21.9 Å². The van der Waals surface area contributed by atoms with E-state index in [9.17, 15) is 19.9 Å². The number of aliphatic carboxylic acids is 1. The number of nitrogens with zero attached hydrogens (tertiary/aromatic N) is 1. The van der Waals surface area contributed by atoms with Crippen molar-refractivity contribution >= 4 is 28.3 Å². The van der Waals surface area contributed by atoms with E-state index in [2.05, 4.69) is 0 Å². The highest BCUT2D eigenvalue weighted by Gasteiger charge is 2.19. The van der Waals surface area contributed by atoms with E-state index in [1.807, 2.05) is 42.5 Å². The molecule has 0 bridgehead atoms. The van der Waals surface area contributed by atoms with Gasteiger partial charge in [0.25, 0.3) is 0 Å². The maximum atomic E-state index is 11.5.